The number of nitrogen functional groups attached to an aromatic ring is 1. The van der Waals surface area contributed by atoms with Crippen molar-refractivity contribution in [2.75, 3.05) is 17.7 Å². The second-order valence-corrected chi connectivity index (χ2v) is 5.08. The molecule has 21 heavy (non-hydrogen) atoms. The highest BCUT2D eigenvalue weighted by Crippen LogP contribution is 2.24. The fourth-order valence-electron chi connectivity index (χ4n) is 2.00. The molecule has 0 bridgehead atoms. The molecule has 0 radical (unpaired) electrons. The summed E-state index contributed by atoms with van der Waals surface area (Å²) in [7, 11) is 1.65. The average molecular weight is 283 g/mol. The van der Waals surface area contributed by atoms with E-state index in [1.807, 2.05) is 19.9 Å². The lowest BCUT2D eigenvalue weighted by molar-refractivity contribution is 0.0989. The van der Waals surface area contributed by atoms with Gasteiger partial charge in [0.2, 0.25) is 0 Å². The van der Waals surface area contributed by atoms with Crippen molar-refractivity contribution in [1.29, 1.82) is 5.26 Å². The van der Waals surface area contributed by atoms with Crippen molar-refractivity contribution in [3.63, 3.8) is 0 Å². The van der Waals surface area contributed by atoms with Crippen LogP contribution in [0.3, 0.4) is 0 Å². The number of nitriles is 1. The minimum absolute atomic E-state index is 0.166. The number of carbonyl (C=O) groups excluding carboxylic acids is 1. The summed E-state index contributed by atoms with van der Waals surface area (Å²) in [6.07, 6.45) is 0. The smallest absolute Gasteiger partial charge is 0.280 e. The van der Waals surface area contributed by atoms with Crippen molar-refractivity contribution in [1.82, 2.24) is 10.2 Å². The van der Waals surface area contributed by atoms with Gasteiger partial charge in [0.05, 0.1) is 23.0 Å². The number of carbonyl (C=O) groups is 1. The number of nitrogens with zero attached hydrogens (tertiary/aromatic N) is 3. The third kappa shape index (κ3) is 2.72. The minimum Gasteiger partial charge on any atom is -0.395 e. The van der Waals surface area contributed by atoms with Crippen molar-refractivity contribution in [3.8, 4) is 6.07 Å². The Labute approximate surface area is 123 Å². The largest absolute Gasteiger partial charge is 0.395 e. The van der Waals surface area contributed by atoms with Gasteiger partial charge < -0.3 is 10.6 Å². The molecule has 0 unspecified atom stereocenters. The third-order valence-electron chi connectivity index (χ3n) is 3.30. The van der Waals surface area contributed by atoms with Crippen LogP contribution in [0, 0.1) is 11.3 Å². The fraction of sp³-hybridized carbons (Fsp3) is 0.267. The van der Waals surface area contributed by atoms with Gasteiger partial charge in [0, 0.05) is 12.7 Å². The third-order valence-corrected chi connectivity index (χ3v) is 3.30. The van der Waals surface area contributed by atoms with Crippen LogP contribution >= 0.6 is 0 Å². The first-order chi connectivity index (χ1) is 9.95. The number of hydrogen-bond donors (Lipinski definition) is 2. The number of anilines is 2. The summed E-state index contributed by atoms with van der Waals surface area (Å²) < 4.78 is 0. The Bertz CT molecular complexity index is 694. The number of rotatable bonds is 3. The van der Waals surface area contributed by atoms with Gasteiger partial charge in [-0.2, -0.15) is 10.4 Å². The Kier molecular flexibility index (Phi) is 3.94. The van der Waals surface area contributed by atoms with Crippen molar-refractivity contribution in [3.05, 3.63) is 41.2 Å². The van der Waals surface area contributed by atoms with Crippen LogP contribution in [0.2, 0.25) is 0 Å². The molecular formula is C15H17N5O. The number of nitrogens with two attached hydrogens (primary N) is 1. The van der Waals surface area contributed by atoms with Gasteiger partial charge in [-0.05, 0) is 30.2 Å². The van der Waals surface area contributed by atoms with Crippen LogP contribution in [-0.2, 0) is 0 Å². The van der Waals surface area contributed by atoms with Crippen LogP contribution in [-0.4, -0.2) is 23.2 Å². The topological polar surface area (TPSA) is 98.8 Å². The van der Waals surface area contributed by atoms with Crippen LogP contribution in [0.1, 0.15) is 41.5 Å². The van der Waals surface area contributed by atoms with E-state index in [9.17, 15) is 4.79 Å². The maximum Gasteiger partial charge on any atom is 0.280 e. The van der Waals surface area contributed by atoms with E-state index in [2.05, 4.69) is 10.2 Å². The van der Waals surface area contributed by atoms with Gasteiger partial charge in [-0.25, -0.2) is 0 Å². The standard InChI is InChI=1S/C15H17N5O/c1-9(2)13-12(17)14(19-18-13)15(21)20(3)11-6-4-10(8-16)5-7-11/h4-7,9H,17H2,1-3H3,(H,18,19). The quantitative estimate of drug-likeness (QED) is 0.902. The van der Waals surface area contributed by atoms with Gasteiger partial charge in [-0.3, -0.25) is 9.89 Å². The molecule has 0 atom stereocenters. The molecule has 1 amide bonds. The Hall–Kier alpha value is -2.81. The Morgan fingerprint density at radius 3 is 2.48 bits per heavy atom. The molecule has 0 spiro atoms. The highest BCUT2D eigenvalue weighted by atomic mass is 16.2. The molecule has 0 saturated carbocycles. The van der Waals surface area contributed by atoms with E-state index in [4.69, 9.17) is 11.0 Å². The molecule has 3 N–H and O–H groups in total. The van der Waals surface area contributed by atoms with E-state index in [-0.39, 0.29) is 17.5 Å². The molecule has 1 aromatic heterocycles. The zero-order chi connectivity index (χ0) is 15.6. The first-order valence-corrected chi connectivity index (χ1v) is 6.57. The molecule has 1 heterocycles. The molecule has 0 saturated heterocycles. The fourth-order valence-corrected chi connectivity index (χ4v) is 2.00. The number of aromatic nitrogens is 2. The van der Waals surface area contributed by atoms with Crippen molar-refractivity contribution in [2.24, 2.45) is 0 Å². The van der Waals surface area contributed by atoms with Crippen LogP contribution < -0.4 is 10.6 Å². The molecule has 0 aliphatic carbocycles. The molecule has 1 aromatic carbocycles. The lowest BCUT2D eigenvalue weighted by Gasteiger charge is -2.16. The van der Waals surface area contributed by atoms with Gasteiger partial charge in [0.1, 0.15) is 0 Å². The van der Waals surface area contributed by atoms with Crippen LogP contribution in [0.4, 0.5) is 11.4 Å². The van der Waals surface area contributed by atoms with E-state index in [0.717, 1.165) is 5.69 Å². The van der Waals surface area contributed by atoms with E-state index in [1.54, 1.807) is 31.3 Å². The summed E-state index contributed by atoms with van der Waals surface area (Å²) in [6.45, 7) is 3.95. The first-order valence-electron chi connectivity index (χ1n) is 6.57. The molecule has 6 nitrogen and oxygen atoms in total. The molecule has 2 aromatic rings. The number of aromatic amines is 1. The molecule has 6 heteroatoms. The van der Waals surface area contributed by atoms with Gasteiger partial charge in [0.25, 0.3) is 5.91 Å². The number of H-pyrrole nitrogens is 1. The summed E-state index contributed by atoms with van der Waals surface area (Å²) in [5, 5.41) is 15.6. The normalized spacial score (nSPS) is 10.4. The second kappa shape index (κ2) is 5.67. The zero-order valence-electron chi connectivity index (χ0n) is 12.2. The Balaban J connectivity index is 2.28. The van der Waals surface area contributed by atoms with E-state index < -0.39 is 0 Å². The SMILES string of the molecule is CC(C)c1[nH]nc(C(=O)N(C)c2ccc(C#N)cc2)c1N. The predicted octanol–water partition coefficient (Wildman–Crippen LogP) is 2.26. The van der Waals surface area contributed by atoms with Gasteiger partial charge in [-0.15, -0.1) is 0 Å². The van der Waals surface area contributed by atoms with Crippen LogP contribution in [0.5, 0.6) is 0 Å². The maximum atomic E-state index is 12.5. The summed E-state index contributed by atoms with van der Waals surface area (Å²) in [4.78, 5) is 13.9. The van der Waals surface area contributed by atoms with Crippen LogP contribution in [0.25, 0.3) is 0 Å². The van der Waals surface area contributed by atoms with E-state index in [0.29, 0.717) is 16.9 Å². The van der Waals surface area contributed by atoms with Crippen LogP contribution in [0.15, 0.2) is 24.3 Å². The number of hydrogen-bond acceptors (Lipinski definition) is 4. The average Bonchev–Trinajstić information content (AvgIpc) is 2.87. The Morgan fingerprint density at radius 2 is 2.00 bits per heavy atom. The lowest BCUT2D eigenvalue weighted by atomic mass is 10.1. The summed E-state index contributed by atoms with van der Waals surface area (Å²) in [5.74, 6) is -0.125. The van der Waals surface area contributed by atoms with Gasteiger partial charge in [0.15, 0.2) is 5.69 Å². The number of benzene rings is 1. The monoisotopic (exact) mass is 283 g/mol. The van der Waals surface area contributed by atoms with Crippen molar-refractivity contribution < 1.29 is 4.79 Å². The molecule has 0 aliphatic heterocycles. The molecule has 2 rings (SSSR count). The highest BCUT2D eigenvalue weighted by molar-refractivity contribution is 6.07. The zero-order valence-corrected chi connectivity index (χ0v) is 12.2. The maximum absolute atomic E-state index is 12.5. The molecular weight excluding hydrogens is 266 g/mol. The molecule has 108 valence electrons. The molecule has 0 fully saturated rings. The highest BCUT2D eigenvalue weighted by Gasteiger charge is 2.22. The summed E-state index contributed by atoms with van der Waals surface area (Å²) in [5.41, 5.74) is 8.55. The van der Waals surface area contributed by atoms with Gasteiger partial charge in [-0.1, -0.05) is 13.8 Å². The summed E-state index contributed by atoms with van der Waals surface area (Å²) >= 11 is 0. The summed E-state index contributed by atoms with van der Waals surface area (Å²) in [6, 6.07) is 8.78. The molecule has 0 aliphatic rings. The van der Waals surface area contributed by atoms with Crippen molar-refractivity contribution >= 4 is 17.3 Å². The number of amides is 1. The first kappa shape index (κ1) is 14.6. The van der Waals surface area contributed by atoms with Crippen molar-refractivity contribution in [2.45, 2.75) is 19.8 Å². The van der Waals surface area contributed by atoms with E-state index >= 15 is 0 Å². The second-order valence-electron chi connectivity index (χ2n) is 5.08. The predicted molar refractivity (Wildman–Crippen MR) is 81.0 cm³/mol. The number of nitrogens with one attached hydrogen (secondary N) is 1. The minimum atomic E-state index is -0.291. The Morgan fingerprint density at radius 1 is 1.38 bits per heavy atom. The van der Waals surface area contributed by atoms with E-state index in [1.165, 1.54) is 4.90 Å². The van der Waals surface area contributed by atoms with Gasteiger partial charge >= 0.3 is 0 Å². The lowest BCUT2D eigenvalue weighted by Crippen LogP contribution is -2.27.